The molecule has 0 radical (unpaired) electrons. The average Bonchev–Trinajstić information content (AvgIpc) is 2.72. The van der Waals surface area contributed by atoms with Crippen LogP contribution in [0.1, 0.15) is 38.5 Å². The summed E-state index contributed by atoms with van der Waals surface area (Å²) < 4.78 is 32.3. The standard InChI is InChI=1S/C12H22N2O6S/c1-20-11(15)7-6-10(12(16)17)13-21(18,19)14-8-4-2-3-5-9-14/h10,13H,2-9H2,1H3,(H,16,17)/t10-/m0/s1. The molecule has 0 saturated carbocycles. The molecular weight excluding hydrogens is 300 g/mol. The number of carboxylic acid groups (broad SMARTS) is 1. The summed E-state index contributed by atoms with van der Waals surface area (Å²) in [6.45, 7) is 0.775. The lowest BCUT2D eigenvalue weighted by Crippen LogP contribution is -2.48. The zero-order valence-corrected chi connectivity index (χ0v) is 12.9. The van der Waals surface area contributed by atoms with Crippen molar-refractivity contribution < 1.29 is 27.9 Å². The molecule has 1 heterocycles. The van der Waals surface area contributed by atoms with Gasteiger partial charge in [-0.1, -0.05) is 12.8 Å². The van der Waals surface area contributed by atoms with E-state index in [0.29, 0.717) is 13.1 Å². The van der Waals surface area contributed by atoms with E-state index in [2.05, 4.69) is 9.46 Å². The number of carbonyl (C=O) groups is 2. The van der Waals surface area contributed by atoms with Crippen LogP contribution in [0.15, 0.2) is 0 Å². The van der Waals surface area contributed by atoms with Gasteiger partial charge in [0.2, 0.25) is 0 Å². The minimum absolute atomic E-state index is 0.144. The molecule has 2 N–H and O–H groups in total. The second kappa shape index (κ2) is 8.30. The fourth-order valence-electron chi connectivity index (χ4n) is 2.13. The lowest BCUT2D eigenvalue weighted by Gasteiger charge is -2.23. The van der Waals surface area contributed by atoms with Crippen molar-refractivity contribution in [3.8, 4) is 0 Å². The number of nitrogens with one attached hydrogen (secondary N) is 1. The minimum atomic E-state index is -3.86. The van der Waals surface area contributed by atoms with Crippen molar-refractivity contribution in [2.75, 3.05) is 20.2 Å². The number of nitrogens with zero attached hydrogens (tertiary/aromatic N) is 1. The largest absolute Gasteiger partial charge is 0.480 e. The van der Waals surface area contributed by atoms with E-state index in [1.807, 2.05) is 0 Å². The van der Waals surface area contributed by atoms with Gasteiger partial charge in [-0.2, -0.15) is 17.4 Å². The van der Waals surface area contributed by atoms with Crippen molar-refractivity contribution in [3.05, 3.63) is 0 Å². The molecule has 21 heavy (non-hydrogen) atoms. The SMILES string of the molecule is COC(=O)CC[C@H](NS(=O)(=O)N1CCCCCC1)C(=O)O. The van der Waals surface area contributed by atoms with E-state index in [1.165, 1.54) is 11.4 Å². The smallest absolute Gasteiger partial charge is 0.321 e. The Balaban J connectivity index is 2.67. The number of carbonyl (C=O) groups excluding carboxylic acids is 1. The van der Waals surface area contributed by atoms with Crippen molar-refractivity contribution in [3.63, 3.8) is 0 Å². The Labute approximate surface area is 124 Å². The molecule has 0 aromatic rings. The summed E-state index contributed by atoms with van der Waals surface area (Å²) in [7, 11) is -2.66. The number of hydrogen-bond donors (Lipinski definition) is 2. The quantitative estimate of drug-likeness (QED) is 0.643. The Bertz CT molecular complexity index is 456. The fourth-order valence-corrected chi connectivity index (χ4v) is 3.60. The van der Waals surface area contributed by atoms with Crippen LogP contribution in [0.3, 0.4) is 0 Å². The van der Waals surface area contributed by atoms with Crippen LogP contribution in [0, 0.1) is 0 Å². The van der Waals surface area contributed by atoms with Crippen LogP contribution < -0.4 is 4.72 Å². The van der Waals surface area contributed by atoms with Gasteiger partial charge < -0.3 is 9.84 Å². The first-order chi connectivity index (χ1) is 9.86. The first kappa shape index (κ1) is 17.9. The number of aliphatic carboxylic acids is 1. The van der Waals surface area contributed by atoms with Gasteiger partial charge in [-0.25, -0.2) is 0 Å². The topological polar surface area (TPSA) is 113 Å². The Morgan fingerprint density at radius 2 is 1.81 bits per heavy atom. The molecule has 1 aliphatic heterocycles. The van der Waals surface area contributed by atoms with Gasteiger partial charge in [0.25, 0.3) is 10.2 Å². The second-order valence-electron chi connectivity index (χ2n) is 4.94. The van der Waals surface area contributed by atoms with Crippen molar-refractivity contribution in [1.82, 2.24) is 9.03 Å². The maximum Gasteiger partial charge on any atom is 0.321 e. The summed E-state index contributed by atoms with van der Waals surface area (Å²) in [5.41, 5.74) is 0. The van der Waals surface area contributed by atoms with Crippen molar-refractivity contribution in [1.29, 1.82) is 0 Å². The fraction of sp³-hybridized carbons (Fsp3) is 0.833. The molecule has 9 heteroatoms. The molecular formula is C12H22N2O6S. The van der Waals surface area contributed by atoms with Crippen LogP contribution in [0.4, 0.5) is 0 Å². The van der Waals surface area contributed by atoms with E-state index in [0.717, 1.165) is 25.7 Å². The zero-order chi connectivity index (χ0) is 15.9. The molecule has 8 nitrogen and oxygen atoms in total. The van der Waals surface area contributed by atoms with Crippen molar-refractivity contribution in [2.24, 2.45) is 0 Å². The normalized spacial score (nSPS) is 18.7. The summed E-state index contributed by atoms with van der Waals surface area (Å²) in [6.07, 6.45) is 3.17. The van der Waals surface area contributed by atoms with Gasteiger partial charge in [-0.3, -0.25) is 9.59 Å². The van der Waals surface area contributed by atoms with Gasteiger partial charge in [0.1, 0.15) is 6.04 Å². The molecule has 0 bridgehead atoms. The highest BCUT2D eigenvalue weighted by Gasteiger charge is 2.29. The summed E-state index contributed by atoms with van der Waals surface area (Å²) >= 11 is 0. The predicted molar refractivity (Wildman–Crippen MR) is 74.8 cm³/mol. The van der Waals surface area contributed by atoms with Crippen LogP contribution in [0.2, 0.25) is 0 Å². The maximum absolute atomic E-state index is 12.2. The third-order valence-electron chi connectivity index (χ3n) is 3.36. The zero-order valence-electron chi connectivity index (χ0n) is 12.1. The Hall–Kier alpha value is -1.19. The number of rotatable bonds is 7. The van der Waals surface area contributed by atoms with E-state index < -0.39 is 28.2 Å². The Kier molecular flexibility index (Phi) is 7.06. The lowest BCUT2D eigenvalue weighted by molar-refractivity contribution is -0.142. The third-order valence-corrected chi connectivity index (χ3v) is 4.99. The molecule has 1 saturated heterocycles. The monoisotopic (exact) mass is 322 g/mol. The molecule has 1 rings (SSSR count). The molecule has 0 aromatic heterocycles. The third kappa shape index (κ3) is 5.98. The number of ether oxygens (including phenoxy) is 1. The van der Waals surface area contributed by atoms with Gasteiger partial charge >= 0.3 is 11.9 Å². The molecule has 122 valence electrons. The average molecular weight is 322 g/mol. The molecule has 0 spiro atoms. The van der Waals surface area contributed by atoms with E-state index in [-0.39, 0.29) is 12.8 Å². The maximum atomic E-state index is 12.2. The van der Waals surface area contributed by atoms with E-state index >= 15 is 0 Å². The van der Waals surface area contributed by atoms with Crippen LogP contribution in [-0.4, -0.2) is 56.0 Å². The van der Waals surface area contributed by atoms with Crippen molar-refractivity contribution >= 4 is 22.1 Å². The molecule has 0 aromatic carbocycles. The minimum Gasteiger partial charge on any atom is -0.480 e. The second-order valence-corrected chi connectivity index (χ2v) is 6.64. The highest BCUT2D eigenvalue weighted by atomic mass is 32.2. The predicted octanol–water partition coefficient (Wildman–Crippen LogP) is 0.103. The number of methoxy groups -OCH3 is 1. The van der Waals surface area contributed by atoms with Crippen LogP contribution >= 0.6 is 0 Å². The summed E-state index contributed by atoms with van der Waals surface area (Å²) in [5, 5.41) is 9.08. The summed E-state index contributed by atoms with van der Waals surface area (Å²) in [5.74, 6) is -1.88. The molecule has 0 unspecified atom stereocenters. The summed E-state index contributed by atoms with van der Waals surface area (Å²) in [4.78, 5) is 22.2. The molecule has 1 atom stereocenters. The van der Waals surface area contributed by atoms with Gasteiger partial charge in [0, 0.05) is 19.5 Å². The molecule has 1 aliphatic rings. The number of carboxylic acids is 1. The van der Waals surface area contributed by atoms with Crippen LogP contribution in [0.5, 0.6) is 0 Å². The first-order valence-corrected chi connectivity index (χ1v) is 8.38. The Morgan fingerprint density at radius 1 is 1.24 bits per heavy atom. The highest BCUT2D eigenvalue weighted by molar-refractivity contribution is 7.87. The lowest BCUT2D eigenvalue weighted by atomic mass is 10.2. The van der Waals surface area contributed by atoms with E-state index in [4.69, 9.17) is 5.11 Å². The first-order valence-electron chi connectivity index (χ1n) is 6.94. The number of esters is 1. The van der Waals surface area contributed by atoms with Crippen LogP contribution in [-0.2, 0) is 24.5 Å². The van der Waals surface area contributed by atoms with E-state index in [1.54, 1.807) is 0 Å². The number of hydrogen-bond acceptors (Lipinski definition) is 5. The summed E-state index contributed by atoms with van der Waals surface area (Å²) in [6, 6.07) is -1.34. The highest BCUT2D eigenvalue weighted by Crippen LogP contribution is 2.13. The molecule has 0 amide bonds. The molecule has 1 fully saturated rings. The molecule has 0 aliphatic carbocycles. The van der Waals surface area contributed by atoms with Gasteiger partial charge in [0.15, 0.2) is 0 Å². The van der Waals surface area contributed by atoms with Gasteiger partial charge in [-0.05, 0) is 19.3 Å². The van der Waals surface area contributed by atoms with E-state index in [9.17, 15) is 18.0 Å². The Morgan fingerprint density at radius 3 is 2.29 bits per heavy atom. The van der Waals surface area contributed by atoms with Crippen LogP contribution in [0.25, 0.3) is 0 Å². The van der Waals surface area contributed by atoms with Crippen molar-refractivity contribution in [2.45, 2.75) is 44.6 Å². The van der Waals surface area contributed by atoms with Gasteiger partial charge in [0.05, 0.1) is 7.11 Å². The van der Waals surface area contributed by atoms with Gasteiger partial charge in [-0.15, -0.1) is 0 Å².